The fourth-order valence-electron chi connectivity index (χ4n) is 3.47. The van der Waals surface area contributed by atoms with Crippen LogP contribution in [0, 0.1) is 5.82 Å². The molecule has 1 saturated heterocycles. The van der Waals surface area contributed by atoms with Crippen LogP contribution in [-0.2, 0) is 4.79 Å². The maximum atomic E-state index is 14.0. The van der Waals surface area contributed by atoms with Crippen molar-refractivity contribution in [2.75, 3.05) is 6.54 Å². The molecule has 3 rings (SSSR count). The molecule has 5 heteroatoms. The van der Waals surface area contributed by atoms with E-state index in [1.165, 1.54) is 18.0 Å². The van der Waals surface area contributed by atoms with E-state index in [1.54, 1.807) is 12.1 Å². The Kier molecular flexibility index (Phi) is 5.74. The van der Waals surface area contributed by atoms with Gasteiger partial charge in [0.15, 0.2) is 0 Å². The fraction of sp³-hybridized carbons (Fsp3) is 0.400. The first-order valence-electron chi connectivity index (χ1n) is 8.70. The summed E-state index contributed by atoms with van der Waals surface area (Å²) in [6.45, 7) is 4.65. The van der Waals surface area contributed by atoms with E-state index in [4.69, 9.17) is 0 Å². The summed E-state index contributed by atoms with van der Waals surface area (Å²) in [4.78, 5) is 14.6. The Bertz CT molecular complexity index is 741. The normalized spacial score (nSPS) is 24.9. The molecule has 1 aromatic carbocycles. The van der Waals surface area contributed by atoms with Crippen molar-refractivity contribution in [2.45, 2.75) is 44.4 Å². The lowest BCUT2D eigenvalue weighted by molar-refractivity contribution is -0.134. The topological polar surface area (TPSA) is 32.7 Å². The molecule has 2 atom stereocenters. The largest absolute Gasteiger partial charge is 0.328 e. The summed E-state index contributed by atoms with van der Waals surface area (Å²) in [5.74, 6) is -0.133. The van der Waals surface area contributed by atoms with Gasteiger partial charge in [-0.15, -0.1) is 0 Å². The van der Waals surface area contributed by atoms with Crippen molar-refractivity contribution in [3.63, 3.8) is 0 Å². The molecule has 1 aromatic rings. The van der Waals surface area contributed by atoms with Gasteiger partial charge >= 0.3 is 0 Å². The Morgan fingerprint density at radius 3 is 2.80 bits per heavy atom. The summed E-state index contributed by atoms with van der Waals surface area (Å²) >= 11 is 1.47. The molecule has 0 aliphatic carbocycles. The molecule has 2 aliphatic rings. The first-order valence-corrected chi connectivity index (χ1v) is 9.53. The second-order valence-corrected chi connectivity index (χ2v) is 7.28. The van der Waals surface area contributed by atoms with Gasteiger partial charge in [-0.1, -0.05) is 36.4 Å². The van der Waals surface area contributed by atoms with Crippen molar-refractivity contribution >= 4 is 23.6 Å². The van der Waals surface area contributed by atoms with Crippen molar-refractivity contribution in [3.8, 4) is 0 Å². The molecule has 0 radical (unpaired) electrons. The number of amides is 1. The molecular formula is C20H23FN2OS. The van der Waals surface area contributed by atoms with Crippen LogP contribution in [0.15, 0.2) is 52.5 Å². The lowest BCUT2D eigenvalue weighted by atomic mass is 9.88. The molecule has 2 heterocycles. The van der Waals surface area contributed by atoms with Gasteiger partial charge in [-0.2, -0.15) is 0 Å². The molecule has 3 nitrogen and oxygen atoms in total. The zero-order chi connectivity index (χ0) is 17.8. The van der Waals surface area contributed by atoms with Crippen LogP contribution in [0.2, 0.25) is 0 Å². The van der Waals surface area contributed by atoms with Crippen LogP contribution in [0.3, 0.4) is 0 Å². The predicted octanol–water partition coefficient (Wildman–Crippen LogP) is 4.87. The smallest absolute Gasteiger partial charge is 0.224 e. The quantitative estimate of drug-likeness (QED) is 0.568. The minimum atomic E-state index is -0.210. The number of hydrogen-bond donors (Lipinski definition) is 0. The molecule has 0 saturated carbocycles. The molecule has 0 aromatic heterocycles. The van der Waals surface area contributed by atoms with Crippen LogP contribution in [0.1, 0.15) is 44.6 Å². The maximum absolute atomic E-state index is 14.0. The van der Waals surface area contributed by atoms with Crippen molar-refractivity contribution in [2.24, 2.45) is 4.40 Å². The summed E-state index contributed by atoms with van der Waals surface area (Å²) in [5.41, 5.74) is 2.82. The predicted molar refractivity (Wildman–Crippen MR) is 102 cm³/mol. The molecule has 1 amide bonds. The molecule has 25 heavy (non-hydrogen) atoms. The highest BCUT2D eigenvalue weighted by Gasteiger charge is 2.35. The first kappa shape index (κ1) is 17.9. The number of allylic oxidation sites excluding steroid dienone is 4. The second kappa shape index (κ2) is 8.00. The van der Waals surface area contributed by atoms with Gasteiger partial charge in [-0.3, -0.25) is 4.79 Å². The second-order valence-electron chi connectivity index (χ2n) is 6.34. The molecular weight excluding hydrogens is 335 g/mol. The highest BCUT2D eigenvalue weighted by atomic mass is 32.2. The van der Waals surface area contributed by atoms with Gasteiger partial charge in [-0.05, 0) is 55.3 Å². The van der Waals surface area contributed by atoms with E-state index in [9.17, 15) is 9.18 Å². The van der Waals surface area contributed by atoms with Crippen LogP contribution in [0.5, 0.6) is 0 Å². The number of benzene rings is 1. The molecule has 132 valence electrons. The Balaban J connectivity index is 1.64. The van der Waals surface area contributed by atoms with E-state index < -0.39 is 0 Å². The average Bonchev–Trinajstić information content (AvgIpc) is 3.09. The summed E-state index contributed by atoms with van der Waals surface area (Å²) in [6.07, 6.45) is 8.04. The number of hydrogen-bond acceptors (Lipinski definition) is 3. The fourth-order valence-corrected chi connectivity index (χ4v) is 4.46. The summed E-state index contributed by atoms with van der Waals surface area (Å²) in [6, 6.07) is 6.79. The molecule has 0 N–H and O–H groups in total. The van der Waals surface area contributed by atoms with Crippen molar-refractivity contribution in [3.05, 3.63) is 59.4 Å². The van der Waals surface area contributed by atoms with Crippen LogP contribution in [-0.4, -0.2) is 28.4 Å². The Morgan fingerprint density at radius 1 is 1.32 bits per heavy atom. The highest BCUT2D eigenvalue weighted by Crippen LogP contribution is 2.37. The SMILES string of the molecule is C/C=C\C(=C/C)C1=NSC(N2CCC(c3ccccc3F)CC2=O)C1. The number of likely N-dealkylation sites (tertiary alicyclic amines) is 1. The van der Waals surface area contributed by atoms with Gasteiger partial charge in [0.25, 0.3) is 0 Å². The zero-order valence-electron chi connectivity index (χ0n) is 14.6. The van der Waals surface area contributed by atoms with Crippen LogP contribution in [0.25, 0.3) is 0 Å². The standard InChI is InChI=1S/C20H23FN2OS/c1-3-7-14(4-2)18-13-20(25-22-18)23-11-10-15(12-19(23)24)16-8-5-6-9-17(16)21/h3-9,15,20H,10-13H2,1-2H3/b7-3-,14-4+. The van der Waals surface area contributed by atoms with E-state index >= 15 is 0 Å². The summed E-state index contributed by atoms with van der Waals surface area (Å²) in [7, 11) is 0. The third kappa shape index (κ3) is 3.87. The van der Waals surface area contributed by atoms with E-state index in [-0.39, 0.29) is 23.0 Å². The lowest BCUT2D eigenvalue weighted by Crippen LogP contribution is -2.43. The molecule has 0 spiro atoms. The maximum Gasteiger partial charge on any atom is 0.224 e. The Hall–Kier alpha value is -1.88. The third-order valence-corrected chi connectivity index (χ3v) is 5.79. The van der Waals surface area contributed by atoms with Crippen molar-refractivity contribution < 1.29 is 9.18 Å². The van der Waals surface area contributed by atoms with Gasteiger partial charge in [0, 0.05) is 19.4 Å². The third-order valence-electron chi connectivity index (χ3n) is 4.80. The van der Waals surface area contributed by atoms with Gasteiger partial charge < -0.3 is 4.90 Å². The first-order chi connectivity index (χ1) is 12.1. The van der Waals surface area contributed by atoms with Crippen LogP contribution in [0.4, 0.5) is 4.39 Å². The van der Waals surface area contributed by atoms with E-state index in [0.717, 1.165) is 24.1 Å². The number of nitrogens with zero attached hydrogens (tertiary/aromatic N) is 2. The van der Waals surface area contributed by atoms with E-state index in [1.807, 2.05) is 43.0 Å². The Labute approximate surface area is 152 Å². The van der Waals surface area contributed by atoms with Crippen LogP contribution < -0.4 is 0 Å². The highest BCUT2D eigenvalue weighted by molar-refractivity contribution is 7.99. The average molecular weight is 358 g/mol. The molecule has 0 bridgehead atoms. The van der Waals surface area contributed by atoms with Gasteiger partial charge in [-0.25, -0.2) is 8.79 Å². The van der Waals surface area contributed by atoms with Gasteiger partial charge in [0.2, 0.25) is 5.91 Å². The molecule has 1 fully saturated rings. The van der Waals surface area contributed by atoms with Crippen molar-refractivity contribution in [1.82, 2.24) is 4.90 Å². The number of halogens is 1. The van der Waals surface area contributed by atoms with E-state index in [0.29, 0.717) is 18.5 Å². The summed E-state index contributed by atoms with van der Waals surface area (Å²) < 4.78 is 18.6. The van der Waals surface area contributed by atoms with Gasteiger partial charge in [0.05, 0.1) is 5.71 Å². The number of rotatable bonds is 4. The van der Waals surface area contributed by atoms with Crippen LogP contribution >= 0.6 is 11.9 Å². The molecule has 2 aliphatic heterocycles. The molecule has 2 unspecified atom stereocenters. The minimum Gasteiger partial charge on any atom is -0.328 e. The zero-order valence-corrected chi connectivity index (χ0v) is 15.4. The lowest BCUT2D eigenvalue weighted by Gasteiger charge is -2.35. The van der Waals surface area contributed by atoms with Crippen molar-refractivity contribution in [1.29, 1.82) is 0 Å². The van der Waals surface area contributed by atoms with E-state index in [2.05, 4.69) is 4.40 Å². The number of carbonyl (C=O) groups excluding carboxylic acids is 1. The Morgan fingerprint density at radius 2 is 2.12 bits per heavy atom. The number of carbonyl (C=O) groups is 1. The van der Waals surface area contributed by atoms with Gasteiger partial charge in [0.1, 0.15) is 11.2 Å². The monoisotopic (exact) mass is 358 g/mol. The number of piperidine rings is 1. The minimum absolute atomic E-state index is 0.0223. The summed E-state index contributed by atoms with van der Waals surface area (Å²) in [5, 5.41) is 0.0595.